The van der Waals surface area contributed by atoms with Crippen LogP contribution in [-0.4, -0.2) is 75.2 Å². The summed E-state index contributed by atoms with van der Waals surface area (Å²) >= 11 is 0. The van der Waals surface area contributed by atoms with Gasteiger partial charge in [0.05, 0.1) is 25.3 Å². The van der Waals surface area contributed by atoms with Gasteiger partial charge >= 0.3 is 6.09 Å². The van der Waals surface area contributed by atoms with Crippen molar-refractivity contribution in [1.29, 1.82) is 0 Å². The van der Waals surface area contributed by atoms with Gasteiger partial charge in [-0.2, -0.15) is 4.98 Å². The maximum atomic E-state index is 15.1. The molecule has 0 aliphatic carbocycles. The maximum Gasteiger partial charge on any atom is 0.414 e. The highest BCUT2D eigenvalue weighted by molar-refractivity contribution is 7.89. The quantitative estimate of drug-likeness (QED) is 0.489. The zero-order valence-corrected chi connectivity index (χ0v) is 22.3. The molecule has 2 N–H and O–H groups in total. The van der Waals surface area contributed by atoms with Crippen LogP contribution in [0.25, 0.3) is 11.2 Å². The van der Waals surface area contributed by atoms with Crippen LogP contribution in [0.1, 0.15) is 33.3 Å². The second-order valence-electron chi connectivity index (χ2n) is 9.54. The summed E-state index contributed by atoms with van der Waals surface area (Å²) in [6, 6.07) is 1.32. The number of pyridine rings is 1. The van der Waals surface area contributed by atoms with Gasteiger partial charge in [-0.3, -0.25) is 5.32 Å². The van der Waals surface area contributed by atoms with Crippen molar-refractivity contribution in [2.75, 3.05) is 25.2 Å². The molecule has 0 spiro atoms. The molecule has 4 rings (SSSR count). The Bertz CT molecular complexity index is 1540. The number of hydrogen-bond acceptors (Lipinski definition) is 12. The molecule has 0 saturated heterocycles. The normalized spacial score (nSPS) is 19.0. The van der Waals surface area contributed by atoms with Gasteiger partial charge in [0.2, 0.25) is 21.9 Å². The fourth-order valence-electron chi connectivity index (χ4n) is 3.61. The van der Waals surface area contributed by atoms with Gasteiger partial charge in [-0.25, -0.2) is 46.8 Å². The van der Waals surface area contributed by atoms with Crippen LogP contribution < -0.4 is 15.4 Å². The molecule has 0 fully saturated rings. The van der Waals surface area contributed by atoms with Crippen LogP contribution >= 0.6 is 0 Å². The molecule has 0 radical (unpaired) electrons. The summed E-state index contributed by atoms with van der Waals surface area (Å²) in [7, 11) is -1.33. The highest BCUT2D eigenvalue weighted by atomic mass is 32.2. The molecule has 0 bridgehead atoms. The third kappa shape index (κ3) is 5.53. The second-order valence-corrected chi connectivity index (χ2v) is 11.5. The average molecular weight is 548 g/mol. The number of carbonyl (C=O) groups is 1. The molecule has 1 atom stereocenters. The van der Waals surface area contributed by atoms with E-state index in [1.165, 1.54) is 39.7 Å². The number of amides is 1. The van der Waals surface area contributed by atoms with Gasteiger partial charge in [-0.15, -0.1) is 0 Å². The van der Waals surface area contributed by atoms with Gasteiger partial charge in [0.15, 0.2) is 17.0 Å². The average Bonchev–Trinajstić information content (AvgIpc) is 2.81. The topological polar surface area (TPSA) is 174 Å². The number of alkyl carbamates (subject to hydrolysis) is 1. The molecule has 1 amide bonds. The minimum Gasteiger partial charge on any atom is -0.480 e. The molecule has 14 nitrogen and oxygen atoms in total. The molecular weight excluding hydrogens is 521 g/mol. The SMILES string of the molecule is COc1cnc2c(Nc3cc([C@]4(C)CS(=O)(=O)N(C)C(NC(=O)OC(C)(C)C)=N4)c(F)cn3)ncnc2n1. The van der Waals surface area contributed by atoms with Crippen LogP contribution in [-0.2, 0) is 20.3 Å². The van der Waals surface area contributed by atoms with Crippen molar-refractivity contribution < 1.29 is 27.1 Å². The first-order valence-electron chi connectivity index (χ1n) is 11.2. The first kappa shape index (κ1) is 26.8. The Morgan fingerprint density at radius 1 is 1.18 bits per heavy atom. The monoisotopic (exact) mass is 547 g/mol. The molecule has 0 unspecified atom stereocenters. The van der Waals surface area contributed by atoms with E-state index in [-0.39, 0.29) is 34.7 Å². The van der Waals surface area contributed by atoms with Gasteiger partial charge in [0.25, 0.3) is 0 Å². The van der Waals surface area contributed by atoms with Crippen LogP contribution in [0.5, 0.6) is 5.88 Å². The standard InChI is InChI=1S/C22H26FN9O5S/c1-21(2,3)37-20(33)30-19-31-22(4,10-38(34,35)32(19)5)12-7-14(24-8-13(12)23)28-17-16-18(27-11-26-17)29-15(36-6)9-25-16/h7-9,11H,10H2,1-6H3,(H,30,31,33)(H,24,26,27,28,29)/t22-/m0/s1. The third-order valence-electron chi connectivity index (χ3n) is 5.36. The molecule has 0 saturated carbocycles. The van der Waals surface area contributed by atoms with Crippen molar-refractivity contribution in [3.8, 4) is 5.88 Å². The molecule has 4 heterocycles. The van der Waals surface area contributed by atoms with Crippen LogP contribution in [0.4, 0.5) is 20.8 Å². The van der Waals surface area contributed by atoms with Crippen molar-refractivity contribution in [2.24, 2.45) is 4.99 Å². The Labute approximate surface area is 217 Å². The number of ether oxygens (including phenoxy) is 2. The number of anilines is 2. The summed E-state index contributed by atoms with van der Waals surface area (Å²) < 4.78 is 52.2. The molecule has 16 heteroatoms. The van der Waals surface area contributed by atoms with E-state index in [1.807, 2.05) is 0 Å². The minimum absolute atomic E-state index is 0.0821. The van der Waals surface area contributed by atoms with E-state index in [4.69, 9.17) is 9.47 Å². The number of fused-ring (bicyclic) bond motifs is 1. The second kappa shape index (κ2) is 9.59. The van der Waals surface area contributed by atoms with Crippen molar-refractivity contribution in [2.45, 2.75) is 38.8 Å². The number of aromatic nitrogens is 5. The van der Waals surface area contributed by atoms with Gasteiger partial charge in [0, 0.05) is 12.6 Å². The first-order valence-corrected chi connectivity index (χ1v) is 12.8. The van der Waals surface area contributed by atoms with E-state index in [0.29, 0.717) is 5.52 Å². The highest BCUT2D eigenvalue weighted by Crippen LogP contribution is 2.35. The summed E-state index contributed by atoms with van der Waals surface area (Å²) in [5.74, 6) is -1.06. The molecule has 3 aromatic rings. The van der Waals surface area contributed by atoms with E-state index < -0.39 is 38.8 Å². The highest BCUT2D eigenvalue weighted by Gasteiger charge is 2.43. The number of carbonyl (C=O) groups excluding carboxylic acids is 1. The number of nitrogens with one attached hydrogen (secondary N) is 2. The van der Waals surface area contributed by atoms with Crippen molar-refractivity contribution in [1.82, 2.24) is 34.5 Å². The summed E-state index contributed by atoms with van der Waals surface area (Å²) in [5, 5.41) is 5.29. The lowest BCUT2D eigenvalue weighted by Gasteiger charge is -2.36. The smallest absolute Gasteiger partial charge is 0.414 e. The van der Waals surface area contributed by atoms with Crippen LogP contribution in [0.2, 0.25) is 0 Å². The maximum absolute atomic E-state index is 15.1. The van der Waals surface area contributed by atoms with Crippen molar-refractivity contribution >= 4 is 44.9 Å². The minimum atomic E-state index is -4.01. The zero-order chi connectivity index (χ0) is 27.9. The van der Waals surface area contributed by atoms with E-state index in [2.05, 4.69) is 40.5 Å². The molecule has 3 aromatic heterocycles. The summed E-state index contributed by atoms with van der Waals surface area (Å²) in [6.07, 6.45) is 2.67. The predicted octanol–water partition coefficient (Wildman–Crippen LogP) is 2.08. The van der Waals surface area contributed by atoms with Crippen LogP contribution in [0, 0.1) is 5.82 Å². The predicted molar refractivity (Wildman–Crippen MR) is 135 cm³/mol. The number of guanidine groups is 1. The lowest BCUT2D eigenvalue weighted by atomic mass is 9.95. The zero-order valence-electron chi connectivity index (χ0n) is 21.5. The molecule has 0 aromatic carbocycles. The van der Waals surface area contributed by atoms with E-state index >= 15 is 4.39 Å². The Balaban J connectivity index is 1.72. The van der Waals surface area contributed by atoms with Crippen molar-refractivity contribution in [3.63, 3.8) is 0 Å². The van der Waals surface area contributed by atoms with Crippen molar-refractivity contribution in [3.05, 3.63) is 36.2 Å². The first-order chi connectivity index (χ1) is 17.7. The summed E-state index contributed by atoms with van der Waals surface area (Å²) in [6.45, 7) is 6.41. The lowest BCUT2D eigenvalue weighted by Crippen LogP contribution is -2.54. The van der Waals surface area contributed by atoms with Gasteiger partial charge in [0.1, 0.15) is 29.1 Å². The van der Waals surface area contributed by atoms with Crippen LogP contribution in [0.3, 0.4) is 0 Å². The molecular formula is C22H26FN9O5S. The fourth-order valence-corrected chi connectivity index (χ4v) is 5.09. The number of sulfonamides is 1. The van der Waals surface area contributed by atoms with E-state index in [0.717, 1.165) is 10.5 Å². The summed E-state index contributed by atoms with van der Waals surface area (Å²) in [5.41, 5.74) is -1.99. The number of halogens is 1. The van der Waals surface area contributed by atoms with Crippen LogP contribution in [0.15, 0.2) is 29.8 Å². The Hall–Kier alpha value is -4.21. The van der Waals surface area contributed by atoms with Gasteiger partial charge in [-0.05, 0) is 33.8 Å². The number of nitrogens with zero attached hydrogens (tertiary/aromatic N) is 7. The molecule has 38 heavy (non-hydrogen) atoms. The number of methoxy groups -OCH3 is 1. The van der Waals surface area contributed by atoms with Gasteiger partial charge < -0.3 is 14.8 Å². The summed E-state index contributed by atoms with van der Waals surface area (Å²) in [4.78, 5) is 37.5. The fraction of sp³-hybridized carbons (Fsp3) is 0.409. The largest absolute Gasteiger partial charge is 0.480 e. The third-order valence-corrected chi connectivity index (χ3v) is 7.29. The van der Waals surface area contributed by atoms with E-state index in [9.17, 15) is 13.2 Å². The number of aliphatic imine (C=N–C) groups is 1. The Kier molecular flexibility index (Phi) is 6.77. The Morgan fingerprint density at radius 2 is 1.92 bits per heavy atom. The molecule has 1 aliphatic rings. The van der Waals surface area contributed by atoms with Gasteiger partial charge in [-0.1, -0.05) is 0 Å². The van der Waals surface area contributed by atoms with E-state index in [1.54, 1.807) is 20.8 Å². The number of rotatable bonds is 4. The molecule has 202 valence electrons. The molecule has 1 aliphatic heterocycles. The lowest BCUT2D eigenvalue weighted by molar-refractivity contribution is 0.0559. The Morgan fingerprint density at radius 3 is 2.61 bits per heavy atom. The number of hydrogen-bond donors (Lipinski definition) is 2.